The Morgan fingerprint density at radius 2 is 2.00 bits per heavy atom. The first kappa shape index (κ1) is 12.3. The highest BCUT2D eigenvalue weighted by Crippen LogP contribution is 2.58. The molecule has 1 aromatic rings. The van der Waals surface area contributed by atoms with Gasteiger partial charge in [-0.3, -0.25) is 0 Å². The molecule has 1 aromatic carbocycles. The average molecular weight is 285 g/mol. The summed E-state index contributed by atoms with van der Waals surface area (Å²) in [7, 11) is 0. The summed E-state index contributed by atoms with van der Waals surface area (Å²) in [6, 6.07) is 6.95. The minimum atomic E-state index is 0.365. The van der Waals surface area contributed by atoms with E-state index >= 15 is 0 Å². The highest BCUT2D eigenvalue weighted by Gasteiger charge is 2.53. The van der Waals surface area contributed by atoms with Gasteiger partial charge in [-0.05, 0) is 55.4 Å². The molecule has 3 heteroatoms. The number of benzene rings is 1. The monoisotopic (exact) mass is 285 g/mol. The van der Waals surface area contributed by atoms with Gasteiger partial charge >= 0.3 is 0 Å². The summed E-state index contributed by atoms with van der Waals surface area (Å²) in [5, 5.41) is 3.84. The van der Waals surface area contributed by atoms with Crippen LogP contribution >= 0.6 is 0 Å². The van der Waals surface area contributed by atoms with Crippen LogP contribution in [0.3, 0.4) is 0 Å². The van der Waals surface area contributed by atoms with Crippen molar-refractivity contribution in [1.82, 2.24) is 5.32 Å². The van der Waals surface area contributed by atoms with Gasteiger partial charge in [0.15, 0.2) is 11.5 Å². The molecule has 3 saturated carbocycles. The lowest BCUT2D eigenvalue weighted by molar-refractivity contribution is 0.172. The largest absolute Gasteiger partial charge is 0.454 e. The quantitative estimate of drug-likeness (QED) is 0.924. The molecule has 1 N–H and O–H groups in total. The molecule has 2 bridgehead atoms. The van der Waals surface area contributed by atoms with E-state index < -0.39 is 0 Å². The minimum Gasteiger partial charge on any atom is -0.454 e. The Kier molecular flexibility index (Phi) is 2.72. The van der Waals surface area contributed by atoms with E-state index in [0.717, 1.165) is 47.8 Å². The lowest BCUT2D eigenvalue weighted by atomic mass is 9.79. The van der Waals surface area contributed by atoms with Gasteiger partial charge in [-0.1, -0.05) is 18.6 Å². The Morgan fingerprint density at radius 1 is 1.05 bits per heavy atom. The number of rotatable bonds is 3. The molecule has 0 amide bonds. The molecule has 5 rings (SSSR count). The highest BCUT2D eigenvalue weighted by molar-refractivity contribution is 5.48. The fourth-order valence-electron chi connectivity index (χ4n) is 5.67. The van der Waals surface area contributed by atoms with E-state index in [0.29, 0.717) is 6.79 Å². The number of fused-ring (bicyclic) bond motifs is 6. The molecule has 0 spiro atoms. The first-order valence-electron chi connectivity index (χ1n) is 8.51. The summed E-state index contributed by atoms with van der Waals surface area (Å²) in [5.41, 5.74) is 1.25. The van der Waals surface area contributed by atoms with Crippen LogP contribution in [0.2, 0.25) is 0 Å². The Bertz CT molecular complexity index is 558. The van der Waals surface area contributed by atoms with Gasteiger partial charge in [-0.25, -0.2) is 0 Å². The van der Waals surface area contributed by atoms with Crippen LogP contribution in [0.4, 0.5) is 0 Å². The molecule has 0 aromatic heterocycles. The molecule has 5 atom stereocenters. The van der Waals surface area contributed by atoms with E-state index in [1.165, 1.54) is 37.7 Å². The summed E-state index contributed by atoms with van der Waals surface area (Å²) in [6.45, 7) is 1.28. The third-order valence-corrected chi connectivity index (χ3v) is 6.46. The van der Waals surface area contributed by atoms with Gasteiger partial charge in [0.25, 0.3) is 0 Å². The molecule has 1 aliphatic heterocycles. The zero-order valence-electron chi connectivity index (χ0n) is 12.4. The van der Waals surface area contributed by atoms with Crippen molar-refractivity contribution in [3.63, 3.8) is 0 Å². The Balaban J connectivity index is 1.29. The Labute approximate surface area is 126 Å². The van der Waals surface area contributed by atoms with Crippen molar-refractivity contribution in [2.24, 2.45) is 23.7 Å². The third kappa shape index (κ3) is 1.83. The van der Waals surface area contributed by atoms with Gasteiger partial charge in [0, 0.05) is 18.2 Å². The summed E-state index contributed by atoms with van der Waals surface area (Å²) in [6.07, 6.45) is 7.36. The van der Waals surface area contributed by atoms with Crippen LogP contribution in [0.25, 0.3) is 0 Å². The highest BCUT2D eigenvalue weighted by atomic mass is 16.7. The van der Waals surface area contributed by atoms with Crippen molar-refractivity contribution in [2.75, 3.05) is 6.79 Å². The molecule has 21 heavy (non-hydrogen) atoms. The maximum absolute atomic E-state index is 5.61. The van der Waals surface area contributed by atoms with Crippen LogP contribution in [0.1, 0.15) is 37.7 Å². The second-order valence-electron chi connectivity index (χ2n) is 7.29. The van der Waals surface area contributed by atoms with Crippen LogP contribution in [-0.2, 0) is 6.54 Å². The van der Waals surface area contributed by atoms with Crippen molar-refractivity contribution in [3.8, 4) is 11.5 Å². The van der Waals surface area contributed by atoms with E-state index in [4.69, 9.17) is 9.47 Å². The topological polar surface area (TPSA) is 30.5 Å². The number of hydrogen-bond acceptors (Lipinski definition) is 3. The molecule has 3 aliphatic carbocycles. The van der Waals surface area contributed by atoms with Crippen LogP contribution in [0.15, 0.2) is 18.2 Å². The second kappa shape index (κ2) is 4.64. The van der Waals surface area contributed by atoms with Gasteiger partial charge in [-0.2, -0.15) is 0 Å². The van der Waals surface area contributed by atoms with Crippen LogP contribution in [0.5, 0.6) is 11.5 Å². The number of nitrogens with one attached hydrogen (secondary N) is 1. The fraction of sp³-hybridized carbons (Fsp3) is 0.667. The molecule has 0 radical (unpaired) electrons. The Morgan fingerprint density at radius 3 is 3.00 bits per heavy atom. The minimum absolute atomic E-state index is 0.365. The normalized spacial score (nSPS) is 39.0. The standard InChI is InChI=1S/C18H23NO2/c1-3-11(18-17(6-1)20-10-21-18)9-19-16-8-12-7-15(16)14-5-2-4-13(12)14/h1,3,6,12-16,19H,2,4-5,7-10H2. The second-order valence-corrected chi connectivity index (χ2v) is 7.29. The van der Waals surface area contributed by atoms with Crippen molar-refractivity contribution >= 4 is 0 Å². The first-order chi connectivity index (χ1) is 10.4. The fourth-order valence-corrected chi connectivity index (χ4v) is 5.67. The predicted molar refractivity (Wildman–Crippen MR) is 80.2 cm³/mol. The summed E-state index contributed by atoms with van der Waals surface area (Å²) >= 11 is 0. The van der Waals surface area contributed by atoms with Crippen LogP contribution in [-0.4, -0.2) is 12.8 Å². The number of hydrogen-bond donors (Lipinski definition) is 1. The van der Waals surface area contributed by atoms with E-state index in [9.17, 15) is 0 Å². The Hall–Kier alpha value is -1.22. The summed E-state index contributed by atoms with van der Waals surface area (Å²) < 4.78 is 11.1. The molecular formula is C18H23NO2. The summed E-state index contributed by atoms with van der Waals surface area (Å²) in [5.74, 6) is 5.91. The predicted octanol–water partition coefficient (Wildman–Crippen LogP) is 3.33. The molecular weight excluding hydrogens is 262 g/mol. The van der Waals surface area contributed by atoms with Crippen molar-refractivity contribution in [1.29, 1.82) is 0 Å². The van der Waals surface area contributed by atoms with Gasteiger partial charge in [0.05, 0.1) is 0 Å². The number of para-hydroxylation sites is 1. The van der Waals surface area contributed by atoms with Crippen LogP contribution < -0.4 is 14.8 Å². The van der Waals surface area contributed by atoms with Gasteiger partial charge in [0.2, 0.25) is 6.79 Å². The van der Waals surface area contributed by atoms with Gasteiger partial charge < -0.3 is 14.8 Å². The molecule has 5 unspecified atom stereocenters. The molecule has 3 nitrogen and oxygen atoms in total. The maximum Gasteiger partial charge on any atom is 0.231 e. The smallest absolute Gasteiger partial charge is 0.231 e. The SMILES string of the molecule is c1cc(CNC2CC3CC2C2CCCC32)c2c(c1)OCO2. The lowest BCUT2D eigenvalue weighted by Crippen LogP contribution is -2.38. The van der Waals surface area contributed by atoms with E-state index in [1.54, 1.807) is 0 Å². The zero-order chi connectivity index (χ0) is 13.8. The van der Waals surface area contributed by atoms with E-state index in [1.807, 2.05) is 6.07 Å². The molecule has 112 valence electrons. The van der Waals surface area contributed by atoms with Crippen molar-refractivity contribution < 1.29 is 9.47 Å². The van der Waals surface area contributed by atoms with Gasteiger partial charge in [-0.15, -0.1) is 0 Å². The number of ether oxygens (including phenoxy) is 2. The van der Waals surface area contributed by atoms with Crippen molar-refractivity contribution in [2.45, 2.75) is 44.7 Å². The maximum atomic E-state index is 5.61. The first-order valence-corrected chi connectivity index (χ1v) is 8.51. The molecule has 0 saturated heterocycles. The average Bonchev–Trinajstić information content (AvgIpc) is 3.23. The van der Waals surface area contributed by atoms with Crippen LogP contribution in [0, 0.1) is 23.7 Å². The lowest BCUT2D eigenvalue weighted by Gasteiger charge is -2.32. The van der Waals surface area contributed by atoms with E-state index in [2.05, 4.69) is 17.4 Å². The third-order valence-electron chi connectivity index (χ3n) is 6.46. The molecule has 3 fully saturated rings. The molecule has 4 aliphatic rings. The summed E-state index contributed by atoms with van der Waals surface area (Å²) in [4.78, 5) is 0. The molecule has 1 heterocycles. The zero-order valence-corrected chi connectivity index (χ0v) is 12.4. The van der Waals surface area contributed by atoms with E-state index in [-0.39, 0.29) is 0 Å². The van der Waals surface area contributed by atoms with Crippen molar-refractivity contribution in [3.05, 3.63) is 23.8 Å². The van der Waals surface area contributed by atoms with Gasteiger partial charge in [0.1, 0.15) is 0 Å².